The maximum atomic E-state index is 6.41. The van der Waals surface area contributed by atoms with Crippen LogP contribution in [0.2, 0.25) is 5.15 Å². The number of hydrogen-bond donors (Lipinski definition) is 0. The molecule has 7 nitrogen and oxygen atoms in total. The van der Waals surface area contributed by atoms with Gasteiger partial charge in [-0.3, -0.25) is 4.57 Å². The molecule has 0 spiro atoms. The van der Waals surface area contributed by atoms with E-state index in [0.29, 0.717) is 33.2 Å². The van der Waals surface area contributed by atoms with Gasteiger partial charge >= 0.3 is 0 Å². The maximum Gasteiger partial charge on any atom is 0.194 e. The third-order valence-electron chi connectivity index (χ3n) is 5.59. The van der Waals surface area contributed by atoms with Crippen LogP contribution in [-0.4, -0.2) is 38.3 Å². The maximum absolute atomic E-state index is 6.41. The van der Waals surface area contributed by atoms with Crippen molar-refractivity contribution in [2.75, 3.05) is 6.61 Å². The number of benzene rings is 2. The Bertz CT molecular complexity index is 1260. The zero-order chi connectivity index (χ0) is 22.9. The lowest BCUT2D eigenvalue weighted by Crippen LogP contribution is -2.32. The van der Waals surface area contributed by atoms with Crippen LogP contribution >= 0.6 is 34.2 Å². The minimum absolute atomic E-state index is 0.211. The normalized spacial score (nSPS) is 20.3. The van der Waals surface area contributed by atoms with Crippen molar-refractivity contribution in [3.8, 4) is 11.5 Å². The number of imidazole rings is 1. The molecule has 0 unspecified atom stereocenters. The topological polar surface area (TPSA) is 71.3 Å². The number of aryl methyl sites for hydroxylation is 2. The van der Waals surface area contributed by atoms with E-state index >= 15 is 0 Å². The predicted octanol–water partition coefficient (Wildman–Crippen LogP) is 5.52. The first-order valence-electron chi connectivity index (χ1n) is 10.6. The second-order valence-electron chi connectivity index (χ2n) is 8.07. The fourth-order valence-corrected chi connectivity index (χ4v) is 4.64. The lowest BCUT2D eigenvalue weighted by molar-refractivity contribution is -0.0341. The summed E-state index contributed by atoms with van der Waals surface area (Å²) in [4.78, 5) is 13.1. The van der Waals surface area contributed by atoms with Crippen molar-refractivity contribution in [3.63, 3.8) is 0 Å². The molecular weight excluding hydrogens is 555 g/mol. The van der Waals surface area contributed by atoms with E-state index in [2.05, 4.69) is 21.9 Å². The summed E-state index contributed by atoms with van der Waals surface area (Å²) in [6.45, 7) is 4.46. The molecule has 3 atom stereocenters. The molecule has 1 aliphatic rings. The molecule has 0 amide bonds. The van der Waals surface area contributed by atoms with Crippen LogP contribution < -0.4 is 9.47 Å². The van der Waals surface area contributed by atoms with E-state index in [-0.39, 0.29) is 18.4 Å². The van der Waals surface area contributed by atoms with Gasteiger partial charge < -0.3 is 14.2 Å². The molecular formula is C24H22ClIN4O3. The second-order valence-corrected chi connectivity index (χ2v) is 9.39. The monoisotopic (exact) mass is 576 g/mol. The molecule has 0 N–H and O–H groups in total. The molecule has 2 aromatic carbocycles. The highest BCUT2D eigenvalue weighted by molar-refractivity contribution is 14.1. The van der Waals surface area contributed by atoms with Gasteiger partial charge in [0.15, 0.2) is 14.6 Å². The largest absolute Gasteiger partial charge is 0.491 e. The van der Waals surface area contributed by atoms with Gasteiger partial charge in [-0.05, 0) is 38.1 Å². The Labute approximate surface area is 210 Å². The van der Waals surface area contributed by atoms with Gasteiger partial charge in [-0.15, -0.1) is 0 Å². The van der Waals surface area contributed by atoms with Crippen molar-refractivity contribution in [1.82, 2.24) is 19.5 Å². The average molecular weight is 577 g/mol. The molecule has 33 heavy (non-hydrogen) atoms. The minimum atomic E-state index is -0.321. The summed E-state index contributed by atoms with van der Waals surface area (Å²) in [5.74, 6) is 1.59. The molecule has 0 bridgehead atoms. The zero-order valence-corrected chi connectivity index (χ0v) is 21.0. The first kappa shape index (κ1) is 22.4. The van der Waals surface area contributed by atoms with Gasteiger partial charge in [0, 0.05) is 29.0 Å². The quantitative estimate of drug-likeness (QED) is 0.171. The van der Waals surface area contributed by atoms with E-state index < -0.39 is 0 Å². The van der Waals surface area contributed by atoms with Crippen LogP contribution in [0.3, 0.4) is 0 Å². The second kappa shape index (κ2) is 9.44. The molecule has 1 aliphatic heterocycles. The summed E-state index contributed by atoms with van der Waals surface area (Å²) in [5, 5.41) is 0.327. The van der Waals surface area contributed by atoms with Crippen LogP contribution in [0.25, 0.3) is 11.2 Å². The van der Waals surface area contributed by atoms with Crippen LogP contribution in [0.5, 0.6) is 11.5 Å². The predicted molar refractivity (Wildman–Crippen MR) is 134 cm³/mol. The summed E-state index contributed by atoms with van der Waals surface area (Å²) >= 11 is 8.32. The van der Waals surface area contributed by atoms with Gasteiger partial charge in [0.2, 0.25) is 0 Å². The van der Waals surface area contributed by atoms with Crippen LogP contribution in [0.4, 0.5) is 0 Å². The third kappa shape index (κ3) is 4.92. The number of halogens is 2. The number of rotatable bonds is 6. The highest BCUT2D eigenvalue weighted by Crippen LogP contribution is 2.35. The van der Waals surface area contributed by atoms with Gasteiger partial charge in [0.25, 0.3) is 0 Å². The number of aromatic nitrogens is 4. The van der Waals surface area contributed by atoms with E-state index in [1.165, 1.54) is 11.1 Å². The Morgan fingerprint density at radius 2 is 1.70 bits per heavy atom. The molecule has 4 aromatic rings. The van der Waals surface area contributed by atoms with Crippen LogP contribution in [0.15, 0.2) is 54.9 Å². The molecule has 0 radical (unpaired) electrons. The minimum Gasteiger partial charge on any atom is -0.491 e. The molecule has 0 saturated carbocycles. The van der Waals surface area contributed by atoms with Crippen LogP contribution in [0.1, 0.15) is 23.8 Å². The Kier molecular flexibility index (Phi) is 6.40. The van der Waals surface area contributed by atoms with Crippen molar-refractivity contribution in [2.45, 2.75) is 38.7 Å². The number of fused-ring (bicyclic) bond motifs is 1. The summed E-state index contributed by atoms with van der Waals surface area (Å²) in [7, 11) is 0. The highest BCUT2D eigenvalue weighted by atomic mass is 127. The molecule has 5 rings (SSSR count). The summed E-state index contributed by atoms with van der Waals surface area (Å²) in [6, 6.07) is 16.0. The van der Waals surface area contributed by atoms with Crippen LogP contribution in [-0.2, 0) is 4.74 Å². The zero-order valence-electron chi connectivity index (χ0n) is 18.1. The smallest absolute Gasteiger partial charge is 0.194 e. The lowest BCUT2D eigenvalue weighted by atomic mass is 10.1. The number of hydrogen-bond acceptors (Lipinski definition) is 6. The van der Waals surface area contributed by atoms with Gasteiger partial charge in [-0.2, -0.15) is 0 Å². The Morgan fingerprint density at radius 3 is 2.39 bits per heavy atom. The fourth-order valence-electron chi connectivity index (χ4n) is 3.82. The van der Waals surface area contributed by atoms with Gasteiger partial charge in [-0.25, -0.2) is 15.0 Å². The fraction of sp³-hybridized carbons (Fsp3) is 0.292. The Morgan fingerprint density at radius 1 is 1.03 bits per heavy atom. The molecule has 170 valence electrons. The van der Waals surface area contributed by atoms with Crippen molar-refractivity contribution < 1.29 is 14.2 Å². The molecule has 3 heterocycles. The number of ether oxygens (including phenoxy) is 3. The Balaban J connectivity index is 1.40. The first-order chi connectivity index (χ1) is 16.0. The van der Waals surface area contributed by atoms with E-state index in [1.54, 1.807) is 6.33 Å². The van der Waals surface area contributed by atoms with Crippen molar-refractivity contribution in [2.24, 2.45) is 0 Å². The SMILES string of the molecule is Cc1ccc(OC[C@H]2O[C@H](n3cnc4c(Cl)nc(I)nc43)C[C@@H]2Oc2ccc(C)cc2)cc1. The molecule has 1 saturated heterocycles. The van der Waals surface area contributed by atoms with Crippen LogP contribution in [0, 0.1) is 17.7 Å². The summed E-state index contributed by atoms with van der Waals surface area (Å²) in [5.41, 5.74) is 3.55. The average Bonchev–Trinajstić information content (AvgIpc) is 3.39. The van der Waals surface area contributed by atoms with Crippen molar-refractivity contribution in [1.29, 1.82) is 0 Å². The van der Waals surface area contributed by atoms with Gasteiger partial charge in [0.05, 0.1) is 6.33 Å². The van der Waals surface area contributed by atoms with E-state index in [9.17, 15) is 0 Å². The molecule has 1 fully saturated rings. The molecule has 2 aromatic heterocycles. The highest BCUT2D eigenvalue weighted by Gasteiger charge is 2.39. The van der Waals surface area contributed by atoms with Gasteiger partial charge in [-0.1, -0.05) is 47.0 Å². The van der Waals surface area contributed by atoms with E-state index in [4.69, 9.17) is 25.8 Å². The van der Waals surface area contributed by atoms with Gasteiger partial charge in [0.1, 0.15) is 42.1 Å². The third-order valence-corrected chi connectivity index (χ3v) is 6.33. The number of nitrogens with zero attached hydrogens (tertiary/aromatic N) is 4. The first-order valence-corrected chi connectivity index (χ1v) is 12.1. The van der Waals surface area contributed by atoms with Crippen molar-refractivity contribution in [3.05, 3.63) is 75.0 Å². The summed E-state index contributed by atoms with van der Waals surface area (Å²) < 4.78 is 21.2. The van der Waals surface area contributed by atoms with Crippen molar-refractivity contribution >= 4 is 45.4 Å². The van der Waals surface area contributed by atoms with E-state index in [0.717, 1.165) is 11.5 Å². The molecule has 0 aliphatic carbocycles. The lowest BCUT2D eigenvalue weighted by Gasteiger charge is -2.20. The standard InChI is InChI=1S/C24H22ClIN4O3/c1-14-3-7-16(8-4-14)31-12-19-18(32-17-9-5-15(2)6-10-17)11-20(33-19)30-13-27-21-22(25)28-24(26)29-23(21)30/h3-10,13,18-20H,11-12H2,1-2H3/t18-,19+,20-/m0/s1. The van der Waals surface area contributed by atoms with E-state index in [1.807, 2.05) is 82.6 Å². The Hall–Kier alpha value is -2.43. The summed E-state index contributed by atoms with van der Waals surface area (Å²) in [6.07, 6.45) is 1.49. The molecule has 9 heteroatoms.